The molecular weight excluding hydrogens is 454 g/mol. The first kappa shape index (κ1) is 23.7. The second kappa shape index (κ2) is 9.83. The van der Waals surface area contributed by atoms with Crippen LogP contribution in [0.1, 0.15) is 37.3 Å². The van der Waals surface area contributed by atoms with Crippen LogP contribution in [0.25, 0.3) is 10.9 Å². The summed E-state index contributed by atoms with van der Waals surface area (Å²) in [5, 5.41) is 4.78. The minimum atomic E-state index is -3.52. The minimum Gasteiger partial charge on any atom is -0.325 e. The van der Waals surface area contributed by atoms with Crippen LogP contribution in [-0.4, -0.2) is 42.0 Å². The molecule has 0 bridgehead atoms. The van der Waals surface area contributed by atoms with E-state index in [1.807, 2.05) is 39.0 Å². The molecule has 0 aliphatic carbocycles. The van der Waals surface area contributed by atoms with E-state index in [2.05, 4.69) is 11.4 Å². The molecule has 6 nitrogen and oxygen atoms in total. The van der Waals surface area contributed by atoms with Gasteiger partial charge in [0.25, 0.3) is 0 Å². The van der Waals surface area contributed by atoms with Gasteiger partial charge in [0.2, 0.25) is 15.9 Å². The number of nitrogens with zero attached hydrogens (tertiary/aromatic N) is 2. The third-order valence-corrected chi connectivity index (χ3v) is 9.14. The molecule has 1 fully saturated rings. The van der Waals surface area contributed by atoms with Crippen LogP contribution in [-0.2, 0) is 14.8 Å². The van der Waals surface area contributed by atoms with E-state index in [4.69, 9.17) is 4.98 Å². The van der Waals surface area contributed by atoms with Crippen molar-refractivity contribution < 1.29 is 13.2 Å². The first-order chi connectivity index (χ1) is 15.8. The van der Waals surface area contributed by atoms with Gasteiger partial charge in [0.15, 0.2) is 0 Å². The number of fused-ring (bicyclic) bond motifs is 1. The maximum atomic E-state index is 13.0. The molecule has 3 aromatic rings. The summed E-state index contributed by atoms with van der Waals surface area (Å²) in [6.07, 6.45) is 2.83. The van der Waals surface area contributed by atoms with Gasteiger partial charge >= 0.3 is 0 Å². The number of benzene rings is 2. The molecule has 1 amide bonds. The number of anilines is 1. The number of aryl methyl sites for hydroxylation is 2. The van der Waals surface area contributed by atoms with E-state index in [0.717, 1.165) is 46.3 Å². The predicted octanol–water partition coefficient (Wildman–Crippen LogP) is 5.15. The van der Waals surface area contributed by atoms with Gasteiger partial charge in [-0.2, -0.15) is 4.31 Å². The third kappa shape index (κ3) is 5.23. The summed E-state index contributed by atoms with van der Waals surface area (Å²) < 4.78 is 27.5. The Kier molecular flexibility index (Phi) is 7.07. The van der Waals surface area contributed by atoms with Gasteiger partial charge in [0.1, 0.15) is 5.03 Å². The highest BCUT2D eigenvalue weighted by Gasteiger charge is 2.30. The molecule has 174 valence electrons. The first-order valence-electron chi connectivity index (χ1n) is 11.2. The lowest BCUT2D eigenvalue weighted by atomic mass is 10.1. The number of para-hydroxylation sites is 1. The number of hydrogen-bond acceptors (Lipinski definition) is 5. The molecule has 8 heteroatoms. The van der Waals surface area contributed by atoms with E-state index in [9.17, 15) is 13.2 Å². The highest BCUT2D eigenvalue weighted by Crippen LogP contribution is 2.27. The molecule has 1 saturated heterocycles. The van der Waals surface area contributed by atoms with E-state index in [1.165, 1.54) is 11.8 Å². The average molecular weight is 484 g/mol. The van der Waals surface area contributed by atoms with Crippen molar-refractivity contribution in [3.63, 3.8) is 0 Å². The number of hydrogen-bond donors (Lipinski definition) is 1. The van der Waals surface area contributed by atoms with Gasteiger partial charge in [-0.25, -0.2) is 13.4 Å². The second-order valence-electron chi connectivity index (χ2n) is 8.58. The van der Waals surface area contributed by atoms with Crippen LogP contribution in [0.3, 0.4) is 0 Å². The van der Waals surface area contributed by atoms with Gasteiger partial charge in [-0.15, -0.1) is 0 Å². The quantitative estimate of drug-likeness (QED) is 0.491. The monoisotopic (exact) mass is 483 g/mol. The summed E-state index contributed by atoms with van der Waals surface area (Å²) in [7, 11) is -3.52. The number of rotatable bonds is 6. The summed E-state index contributed by atoms with van der Waals surface area (Å²) in [4.78, 5) is 17.5. The predicted molar refractivity (Wildman–Crippen MR) is 134 cm³/mol. The summed E-state index contributed by atoms with van der Waals surface area (Å²) in [6, 6.07) is 14.6. The van der Waals surface area contributed by atoms with Crippen LogP contribution >= 0.6 is 11.8 Å². The van der Waals surface area contributed by atoms with E-state index < -0.39 is 10.0 Å². The molecule has 33 heavy (non-hydrogen) atoms. The van der Waals surface area contributed by atoms with Crippen LogP contribution in [0.4, 0.5) is 5.69 Å². The smallest absolute Gasteiger partial charge is 0.243 e. The summed E-state index contributed by atoms with van der Waals surface area (Å²) >= 11 is 1.40. The molecule has 1 N–H and O–H groups in total. The lowest BCUT2D eigenvalue weighted by Crippen LogP contribution is -2.41. The molecule has 2 aromatic carbocycles. The van der Waals surface area contributed by atoms with Gasteiger partial charge in [-0.1, -0.05) is 36.4 Å². The lowest BCUT2D eigenvalue weighted by molar-refractivity contribution is -0.113. The number of piperidine rings is 1. The van der Waals surface area contributed by atoms with Crippen molar-refractivity contribution in [2.45, 2.75) is 56.0 Å². The van der Waals surface area contributed by atoms with Crippen molar-refractivity contribution in [1.29, 1.82) is 0 Å². The summed E-state index contributed by atoms with van der Waals surface area (Å²) in [5.74, 6) is 0.0580. The van der Waals surface area contributed by atoms with Crippen molar-refractivity contribution in [3.05, 3.63) is 59.7 Å². The van der Waals surface area contributed by atoms with Crippen LogP contribution in [0, 0.1) is 13.8 Å². The second-order valence-corrected chi connectivity index (χ2v) is 11.4. The highest BCUT2D eigenvalue weighted by molar-refractivity contribution is 8.00. The highest BCUT2D eigenvalue weighted by atomic mass is 32.2. The Morgan fingerprint density at radius 1 is 1.12 bits per heavy atom. The maximum absolute atomic E-state index is 13.0. The maximum Gasteiger partial charge on any atom is 0.243 e. The number of sulfonamides is 1. The molecular formula is C25H29N3O3S2. The molecule has 1 aliphatic heterocycles. The van der Waals surface area contributed by atoms with Gasteiger partial charge in [0, 0.05) is 23.7 Å². The van der Waals surface area contributed by atoms with Crippen molar-refractivity contribution in [3.8, 4) is 0 Å². The SMILES string of the molecule is Cc1cc2cccc(C)c2nc1SCC(=O)Nc1ccc(S(=O)(=O)N2CCCCC2C)cc1. The molecule has 1 aromatic heterocycles. The Balaban J connectivity index is 1.40. The zero-order chi connectivity index (χ0) is 23.6. The van der Waals surface area contributed by atoms with E-state index >= 15 is 0 Å². The molecule has 4 rings (SSSR count). The van der Waals surface area contributed by atoms with Crippen molar-refractivity contribution in [2.24, 2.45) is 0 Å². The first-order valence-corrected chi connectivity index (χ1v) is 13.6. The number of thioether (sulfide) groups is 1. The van der Waals surface area contributed by atoms with Crippen LogP contribution in [0.15, 0.2) is 58.5 Å². The Morgan fingerprint density at radius 2 is 1.88 bits per heavy atom. The number of carbonyl (C=O) groups excluding carboxylic acids is 1. The summed E-state index contributed by atoms with van der Waals surface area (Å²) in [5.41, 5.74) is 3.66. The lowest BCUT2D eigenvalue weighted by Gasteiger charge is -2.32. The van der Waals surface area contributed by atoms with Gasteiger partial charge < -0.3 is 5.32 Å². The van der Waals surface area contributed by atoms with E-state index in [-0.39, 0.29) is 22.6 Å². The summed E-state index contributed by atoms with van der Waals surface area (Å²) in [6.45, 7) is 6.54. The number of pyridine rings is 1. The molecule has 2 heterocycles. The van der Waals surface area contributed by atoms with E-state index in [1.54, 1.807) is 28.6 Å². The van der Waals surface area contributed by atoms with Crippen LogP contribution in [0.2, 0.25) is 0 Å². The molecule has 0 saturated carbocycles. The van der Waals surface area contributed by atoms with Gasteiger partial charge in [-0.3, -0.25) is 4.79 Å². The standard InChI is InChI=1S/C25H29N3O3S2/c1-17-7-6-9-20-15-18(2)25(27-24(17)20)32-16-23(29)26-21-10-12-22(13-11-21)33(30,31)28-14-5-4-8-19(28)3/h6-7,9-13,15,19H,4-5,8,14,16H2,1-3H3,(H,26,29). The fourth-order valence-corrected chi connectivity index (χ4v) is 6.67. The number of aromatic nitrogens is 1. The molecule has 1 unspecified atom stereocenters. The third-order valence-electron chi connectivity index (χ3n) is 6.02. The average Bonchev–Trinajstić information content (AvgIpc) is 2.78. The number of carbonyl (C=O) groups is 1. The Labute approximate surface area is 199 Å². The van der Waals surface area contributed by atoms with Crippen LogP contribution < -0.4 is 5.32 Å². The zero-order valence-electron chi connectivity index (χ0n) is 19.2. The van der Waals surface area contributed by atoms with Crippen molar-refractivity contribution >= 4 is 44.3 Å². The zero-order valence-corrected chi connectivity index (χ0v) is 20.8. The molecule has 1 aliphatic rings. The Morgan fingerprint density at radius 3 is 2.61 bits per heavy atom. The van der Waals surface area contributed by atoms with Gasteiger partial charge in [0.05, 0.1) is 16.2 Å². The van der Waals surface area contributed by atoms with E-state index in [0.29, 0.717) is 12.2 Å². The Bertz CT molecular complexity index is 1270. The van der Waals surface area contributed by atoms with Crippen molar-refractivity contribution in [1.82, 2.24) is 9.29 Å². The fourth-order valence-electron chi connectivity index (χ4n) is 4.19. The number of nitrogens with one attached hydrogen (secondary N) is 1. The number of amides is 1. The molecule has 0 radical (unpaired) electrons. The largest absolute Gasteiger partial charge is 0.325 e. The van der Waals surface area contributed by atoms with Gasteiger partial charge in [-0.05, 0) is 75.1 Å². The molecule has 1 atom stereocenters. The topological polar surface area (TPSA) is 79.4 Å². The Hall–Kier alpha value is -2.42. The molecule has 0 spiro atoms. The van der Waals surface area contributed by atoms with Crippen LogP contribution in [0.5, 0.6) is 0 Å². The van der Waals surface area contributed by atoms with Crippen molar-refractivity contribution in [2.75, 3.05) is 17.6 Å². The fraction of sp³-hybridized carbons (Fsp3) is 0.360. The minimum absolute atomic E-state index is 0.0103. The normalized spacial score (nSPS) is 17.2.